The molecule has 1 amide bonds. The zero-order valence-corrected chi connectivity index (χ0v) is 12.0. The number of carbonyl (C=O) groups is 2. The van der Waals surface area contributed by atoms with Crippen molar-refractivity contribution in [3.05, 3.63) is 51.3 Å². The molecule has 0 saturated carbocycles. The summed E-state index contributed by atoms with van der Waals surface area (Å²) in [6.45, 7) is 3.33. The van der Waals surface area contributed by atoms with E-state index in [0.29, 0.717) is 5.56 Å². The Morgan fingerprint density at radius 3 is 2.59 bits per heavy atom. The molecule has 116 valence electrons. The maximum absolute atomic E-state index is 12.1. The molecule has 1 aliphatic heterocycles. The number of cyclic esters (lactones) is 1. The number of nitrogens with zero attached hydrogens (tertiary/aromatic N) is 1. The first kappa shape index (κ1) is 15.5. The molecule has 1 N–H and O–H groups in total. The molecular weight excluding hydrogens is 292 g/mol. The summed E-state index contributed by atoms with van der Waals surface area (Å²) in [6.07, 6.45) is -0.700. The Bertz CT molecular complexity index is 650. The van der Waals surface area contributed by atoms with Gasteiger partial charge < -0.3 is 14.8 Å². The van der Waals surface area contributed by atoms with Gasteiger partial charge in [0.15, 0.2) is 0 Å². The maximum Gasteiger partial charge on any atom is 0.413 e. The highest BCUT2D eigenvalue weighted by Crippen LogP contribution is 2.30. The minimum atomic E-state index is -0.777. The monoisotopic (exact) mass is 306 g/mol. The number of hydrogen-bond donors (Lipinski definition) is 1. The van der Waals surface area contributed by atoms with Crippen LogP contribution >= 0.6 is 0 Å². The van der Waals surface area contributed by atoms with Crippen LogP contribution in [-0.2, 0) is 14.3 Å². The van der Waals surface area contributed by atoms with E-state index in [-0.39, 0.29) is 23.6 Å². The lowest BCUT2D eigenvalue weighted by molar-refractivity contribution is -0.384. The summed E-state index contributed by atoms with van der Waals surface area (Å²) in [6, 6.07) is 4.77. The van der Waals surface area contributed by atoms with Crippen LogP contribution in [0.5, 0.6) is 0 Å². The Morgan fingerprint density at radius 1 is 1.41 bits per heavy atom. The van der Waals surface area contributed by atoms with Gasteiger partial charge in [-0.3, -0.25) is 10.1 Å². The second-order valence-electron chi connectivity index (χ2n) is 4.51. The standard InChI is InChI=1S/C14H14N2O6/c1-3-21-13(17)11-8(2)22-14(18)15-12(11)9-4-6-10(7-5-9)16(19)20/h4-7,12H,3H2,1-2H3,(H,15,18). The molecule has 1 aliphatic rings. The first-order valence-electron chi connectivity index (χ1n) is 6.54. The van der Waals surface area contributed by atoms with Crippen LogP contribution in [-0.4, -0.2) is 23.6 Å². The number of carbonyl (C=O) groups excluding carboxylic acids is 2. The maximum atomic E-state index is 12.1. The molecule has 1 heterocycles. The van der Waals surface area contributed by atoms with E-state index in [1.165, 1.54) is 31.2 Å². The van der Waals surface area contributed by atoms with Crippen molar-refractivity contribution in [1.29, 1.82) is 0 Å². The Labute approximate surface area is 125 Å². The van der Waals surface area contributed by atoms with Crippen molar-refractivity contribution >= 4 is 17.7 Å². The summed E-state index contributed by atoms with van der Waals surface area (Å²) in [4.78, 5) is 33.7. The van der Waals surface area contributed by atoms with Gasteiger partial charge in [-0.15, -0.1) is 0 Å². The predicted molar refractivity (Wildman–Crippen MR) is 74.8 cm³/mol. The number of nitro benzene ring substituents is 1. The molecule has 1 aromatic carbocycles. The van der Waals surface area contributed by atoms with Gasteiger partial charge in [-0.2, -0.15) is 0 Å². The van der Waals surface area contributed by atoms with E-state index in [4.69, 9.17) is 9.47 Å². The van der Waals surface area contributed by atoms with Crippen LogP contribution in [0.15, 0.2) is 35.6 Å². The molecule has 8 nitrogen and oxygen atoms in total. The van der Waals surface area contributed by atoms with Crippen LogP contribution in [0.25, 0.3) is 0 Å². The topological polar surface area (TPSA) is 108 Å². The van der Waals surface area contributed by atoms with E-state index in [1.807, 2.05) is 0 Å². The molecule has 0 bridgehead atoms. The van der Waals surface area contributed by atoms with Crippen molar-refractivity contribution in [3.63, 3.8) is 0 Å². The molecule has 0 spiro atoms. The second kappa shape index (κ2) is 6.25. The van der Waals surface area contributed by atoms with E-state index in [9.17, 15) is 19.7 Å². The van der Waals surface area contributed by atoms with Gasteiger partial charge in [0.2, 0.25) is 0 Å². The molecular formula is C14H14N2O6. The van der Waals surface area contributed by atoms with Crippen molar-refractivity contribution in [2.24, 2.45) is 0 Å². The van der Waals surface area contributed by atoms with Crippen molar-refractivity contribution in [1.82, 2.24) is 5.32 Å². The number of nitro groups is 1. The normalized spacial score (nSPS) is 17.5. The minimum Gasteiger partial charge on any atom is -0.462 e. The highest BCUT2D eigenvalue weighted by Gasteiger charge is 2.33. The molecule has 1 aromatic rings. The highest BCUT2D eigenvalue weighted by atomic mass is 16.6. The first-order valence-corrected chi connectivity index (χ1v) is 6.54. The lowest BCUT2D eigenvalue weighted by atomic mass is 9.96. The molecule has 8 heteroatoms. The number of ether oxygens (including phenoxy) is 2. The molecule has 1 unspecified atom stereocenters. The summed E-state index contributed by atoms with van der Waals surface area (Å²) >= 11 is 0. The third-order valence-corrected chi connectivity index (χ3v) is 3.11. The number of allylic oxidation sites excluding steroid dienone is 1. The highest BCUT2D eigenvalue weighted by molar-refractivity contribution is 5.93. The summed E-state index contributed by atoms with van der Waals surface area (Å²) in [5.74, 6) is -0.464. The van der Waals surface area contributed by atoms with Crippen molar-refractivity contribution in [2.45, 2.75) is 19.9 Å². The molecule has 0 saturated heterocycles. The Kier molecular flexibility index (Phi) is 4.40. The van der Waals surface area contributed by atoms with Crippen LogP contribution in [0, 0.1) is 10.1 Å². The van der Waals surface area contributed by atoms with Crippen LogP contribution in [0.2, 0.25) is 0 Å². The molecule has 0 aliphatic carbocycles. The largest absolute Gasteiger partial charge is 0.462 e. The van der Waals surface area contributed by atoms with E-state index >= 15 is 0 Å². The number of nitrogens with one attached hydrogen (secondary N) is 1. The van der Waals surface area contributed by atoms with E-state index in [0.717, 1.165) is 0 Å². The lowest BCUT2D eigenvalue weighted by Crippen LogP contribution is -2.38. The molecule has 0 fully saturated rings. The van der Waals surface area contributed by atoms with Crippen LogP contribution < -0.4 is 5.32 Å². The fourth-order valence-electron chi connectivity index (χ4n) is 2.13. The number of rotatable bonds is 4. The van der Waals surface area contributed by atoms with Gasteiger partial charge in [-0.1, -0.05) is 0 Å². The minimum absolute atomic E-state index is 0.0828. The summed E-state index contributed by atoms with van der Waals surface area (Å²) in [5.41, 5.74) is 0.598. The average molecular weight is 306 g/mol. The van der Waals surface area contributed by atoms with Gasteiger partial charge >= 0.3 is 12.1 Å². The van der Waals surface area contributed by atoms with Gasteiger partial charge in [0.25, 0.3) is 5.69 Å². The number of alkyl carbamates (subject to hydrolysis) is 1. The van der Waals surface area contributed by atoms with E-state index in [2.05, 4.69) is 5.32 Å². The molecule has 2 rings (SSSR count). The van der Waals surface area contributed by atoms with Crippen LogP contribution in [0.3, 0.4) is 0 Å². The molecule has 22 heavy (non-hydrogen) atoms. The quantitative estimate of drug-likeness (QED) is 0.519. The zero-order chi connectivity index (χ0) is 16.3. The zero-order valence-electron chi connectivity index (χ0n) is 12.0. The van der Waals surface area contributed by atoms with Crippen LogP contribution in [0.4, 0.5) is 10.5 Å². The number of non-ortho nitro benzene ring substituents is 1. The molecule has 0 radical (unpaired) electrons. The van der Waals surface area contributed by atoms with Gasteiger partial charge in [-0.05, 0) is 31.5 Å². The predicted octanol–water partition coefficient (Wildman–Crippen LogP) is 2.21. The van der Waals surface area contributed by atoms with Crippen molar-refractivity contribution < 1.29 is 24.0 Å². The molecule has 0 aromatic heterocycles. The van der Waals surface area contributed by atoms with E-state index < -0.39 is 23.0 Å². The average Bonchev–Trinajstić information content (AvgIpc) is 2.46. The smallest absolute Gasteiger partial charge is 0.413 e. The number of benzene rings is 1. The number of amides is 1. The summed E-state index contributed by atoms with van der Waals surface area (Å²) in [7, 11) is 0. The fraction of sp³-hybridized carbons (Fsp3) is 0.286. The van der Waals surface area contributed by atoms with Crippen LogP contribution in [0.1, 0.15) is 25.5 Å². The van der Waals surface area contributed by atoms with Gasteiger partial charge in [0.05, 0.1) is 17.6 Å². The van der Waals surface area contributed by atoms with Gasteiger partial charge in [-0.25, -0.2) is 9.59 Å². The third kappa shape index (κ3) is 3.05. The van der Waals surface area contributed by atoms with Crippen molar-refractivity contribution in [2.75, 3.05) is 6.61 Å². The first-order chi connectivity index (χ1) is 10.4. The fourth-order valence-corrected chi connectivity index (χ4v) is 2.13. The number of hydrogen-bond acceptors (Lipinski definition) is 6. The number of esters is 1. The summed E-state index contributed by atoms with van der Waals surface area (Å²) in [5, 5.41) is 13.2. The Hall–Kier alpha value is -2.90. The van der Waals surface area contributed by atoms with Crippen molar-refractivity contribution in [3.8, 4) is 0 Å². The van der Waals surface area contributed by atoms with E-state index in [1.54, 1.807) is 6.92 Å². The SMILES string of the molecule is CCOC(=O)C1=C(C)OC(=O)NC1c1ccc([N+](=O)[O-])cc1. The van der Waals surface area contributed by atoms with Gasteiger partial charge in [0.1, 0.15) is 11.3 Å². The van der Waals surface area contributed by atoms with Gasteiger partial charge in [0, 0.05) is 12.1 Å². The Morgan fingerprint density at radius 2 is 2.05 bits per heavy atom. The lowest BCUT2D eigenvalue weighted by Gasteiger charge is -2.26. The summed E-state index contributed by atoms with van der Waals surface area (Å²) < 4.78 is 9.86. The second-order valence-corrected chi connectivity index (χ2v) is 4.51. The molecule has 1 atom stereocenters. The Balaban J connectivity index is 2.40. The third-order valence-electron chi connectivity index (χ3n) is 3.11.